The van der Waals surface area contributed by atoms with Crippen molar-refractivity contribution in [2.45, 2.75) is 25.4 Å². The molecule has 88 valence electrons. The predicted molar refractivity (Wildman–Crippen MR) is 60.6 cm³/mol. The van der Waals surface area contributed by atoms with Gasteiger partial charge in [0.1, 0.15) is 12.0 Å². The van der Waals surface area contributed by atoms with Crippen LogP contribution in [0.2, 0.25) is 0 Å². The Bertz CT molecular complexity index is 340. The number of rotatable bonds is 2. The number of hydrogen-bond acceptors (Lipinski definition) is 1. The van der Waals surface area contributed by atoms with Gasteiger partial charge in [-0.2, -0.15) is 0 Å². The van der Waals surface area contributed by atoms with Crippen molar-refractivity contribution >= 4 is 0 Å². The SMILES string of the molecule is Fc1ccccc1CC1CCNCCC1F. The summed E-state index contributed by atoms with van der Waals surface area (Å²) in [5.74, 6) is -0.265. The molecule has 2 unspecified atom stereocenters. The molecule has 1 saturated heterocycles. The summed E-state index contributed by atoms with van der Waals surface area (Å²) in [5, 5.41) is 3.17. The van der Waals surface area contributed by atoms with E-state index in [4.69, 9.17) is 0 Å². The molecular weight excluding hydrogens is 208 g/mol. The van der Waals surface area contributed by atoms with E-state index in [0.29, 0.717) is 18.4 Å². The number of hydrogen-bond donors (Lipinski definition) is 1. The fourth-order valence-corrected chi connectivity index (χ4v) is 2.25. The Balaban J connectivity index is 2.05. The van der Waals surface area contributed by atoms with Crippen molar-refractivity contribution in [2.75, 3.05) is 13.1 Å². The van der Waals surface area contributed by atoms with Crippen LogP contribution in [-0.4, -0.2) is 19.3 Å². The molecule has 0 spiro atoms. The molecule has 0 radical (unpaired) electrons. The molecule has 1 heterocycles. The van der Waals surface area contributed by atoms with Gasteiger partial charge < -0.3 is 5.32 Å². The second-order valence-electron chi connectivity index (χ2n) is 4.40. The third-order valence-corrected chi connectivity index (χ3v) is 3.24. The van der Waals surface area contributed by atoms with E-state index in [2.05, 4.69) is 5.32 Å². The van der Waals surface area contributed by atoms with Crippen LogP contribution < -0.4 is 5.32 Å². The van der Waals surface area contributed by atoms with Crippen LogP contribution in [0.15, 0.2) is 24.3 Å². The minimum Gasteiger partial charge on any atom is -0.317 e. The van der Waals surface area contributed by atoms with Gasteiger partial charge in [-0.25, -0.2) is 8.78 Å². The normalized spacial score (nSPS) is 26.4. The molecule has 2 rings (SSSR count). The first-order valence-corrected chi connectivity index (χ1v) is 5.85. The molecule has 1 nitrogen and oxygen atoms in total. The van der Waals surface area contributed by atoms with Crippen molar-refractivity contribution < 1.29 is 8.78 Å². The van der Waals surface area contributed by atoms with Crippen LogP contribution in [0, 0.1) is 11.7 Å². The van der Waals surface area contributed by atoms with E-state index in [0.717, 1.165) is 19.5 Å². The van der Waals surface area contributed by atoms with E-state index < -0.39 is 6.17 Å². The summed E-state index contributed by atoms with van der Waals surface area (Å²) in [5.41, 5.74) is 0.636. The molecule has 0 bridgehead atoms. The van der Waals surface area contributed by atoms with E-state index in [1.54, 1.807) is 18.2 Å². The Kier molecular flexibility index (Phi) is 3.88. The van der Waals surface area contributed by atoms with Crippen molar-refractivity contribution in [3.8, 4) is 0 Å². The Morgan fingerprint density at radius 2 is 1.94 bits per heavy atom. The summed E-state index contributed by atoms with van der Waals surface area (Å²) in [4.78, 5) is 0. The van der Waals surface area contributed by atoms with Crippen LogP contribution in [0.3, 0.4) is 0 Å². The molecule has 1 aromatic carbocycles. The molecule has 0 aliphatic carbocycles. The van der Waals surface area contributed by atoms with Crippen molar-refractivity contribution in [3.63, 3.8) is 0 Å². The summed E-state index contributed by atoms with van der Waals surface area (Å²) in [6.45, 7) is 1.56. The summed E-state index contributed by atoms with van der Waals surface area (Å²) in [7, 11) is 0. The van der Waals surface area contributed by atoms with Gasteiger partial charge >= 0.3 is 0 Å². The van der Waals surface area contributed by atoms with E-state index in [1.807, 2.05) is 0 Å². The third-order valence-electron chi connectivity index (χ3n) is 3.24. The smallest absolute Gasteiger partial charge is 0.126 e. The van der Waals surface area contributed by atoms with E-state index >= 15 is 0 Å². The molecule has 0 amide bonds. The third kappa shape index (κ3) is 2.79. The van der Waals surface area contributed by atoms with Crippen LogP contribution in [0.4, 0.5) is 8.78 Å². The quantitative estimate of drug-likeness (QED) is 0.816. The molecule has 0 aromatic heterocycles. The van der Waals surface area contributed by atoms with E-state index in [-0.39, 0.29) is 11.7 Å². The zero-order chi connectivity index (χ0) is 11.4. The first-order chi connectivity index (χ1) is 7.77. The lowest BCUT2D eigenvalue weighted by atomic mass is 9.91. The Morgan fingerprint density at radius 1 is 1.19 bits per heavy atom. The fraction of sp³-hybridized carbons (Fsp3) is 0.538. The first kappa shape index (κ1) is 11.5. The second kappa shape index (κ2) is 5.39. The molecule has 0 saturated carbocycles. The van der Waals surface area contributed by atoms with Gasteiger partial charge in [0.15, 0.2) is 0 Å². The lowest BCUT2D eigenvalue weighted by molar-refractivity contribution is 0.218. The minimum absolute atomic E-state index is 0.0492. The highest BCUT2D eigenvalue weighted by Crippen LogP contribution is 2.23. The summed E-state index contributed by atoms with van der Waals surface area (Å²) in [6, 6.07) is 6.67. The first-order valence-electron chi connectivity index (χ1n) is 5.85. The van der Waals surface area contributed by atoms with Crippen molar-refractivity contribution in [3.05, 3.63) is 35.6 Å². The monoisotopic (exact) mass is 225 g/mol. The maximum absolute atomic E-state index is 13.8. The predicted octanol–water partition coefficient (Wildman–Crippen LogP) is 2.71. The molecule has 16 heavy (non-hydrogen) atoms. The number of halogens is 2. The lowest BCUT2D eigenvalue weighted by Crippen LogP contribution is -2.18. The van der Waals surface area contributed by atoms with E-state index in [9.17, 15) is 8.78 Å². The Hall–Kier alpha value is -0.960. The van der Waals surface area contributed by atoms with Crippen LogP contribution in [0.1, 0.15) is 18.4 Å². The molecule has 1 aromatic rings. The number of benzene rings is 1. The van der Waals surface area contributed by atoms with Crippen molar-refractivity contribution in [1.82, 2.24) is 5.32 Å². The van der Waals surface area contributed by atoms with Crippen LogP contribution in [0.5, 0.6) is 0 Å². The van der Waals surface area contributed by atoms with Crippen LogP contribution >= 0.6 is 0 Å². The van der Waals surface area contributed by atoms with Gasteiger partial charge in [0.05, 0.1) is 0 Å². The second-order valence-corrected chi connectivity index (χ2v) is 4.40. The van der Waals surface area contributed by atoms with Gasteiger partial charge in [-0.3, -0.25) is 0 Å². The van der Waals surface area contributed by atoms with Crippen molar-refractivity contribution in [2.24, 2.45) is 5.92 Å². The standard InChI is InChI=1S/C13H17F2N/c14-12-4-2-1-3-10(12)9-11-5-7-16-8-6-13(11)15/h1-4,11,13,16H,5-9H2. The Labute approximate surface area is 94.9 Å². The van der Waals surface area contributed by atoms with Gasteiger partial charge in [-0.05, 0) is 49.9 Å². The molecule has 2 atom stereocenters. The maximum atomic E-state index is 13.8. The summed E-state index contributed by atoms with van der Waals surface area (Å²) in [6.07, 6.45) is 1.03. The zero-order valence-electron chi connectivity index (χ0n) is 9.26. The highest BCUT2D eigenvalue weighted by atomic mass is 19.1. The number of alkyl halides is 1. The molecule has 1 aliphatic rings. The van der Waals surface area contributed by atoms with Gasteiger partial charge in [0, 0.05) is 0 Å². The van der Waals surface area contributed by atoms with Crippen LogP contribution in [0.25, 0.3) is 0 Å². The van der Waals surface area contributed by atoms with Gasteiger partial charge in [-0.1, -0.05) is 18.2 Å². The fourth-order valence-electron chi connectivity index (χ4n) is 2.25. The highest BCUT2D eigenvalue weighted by Gasteiger charge is 2.23. The topological polar surface area (TPSA) is 12.0 Å². The molecular formula is C13H17F2N. The average Bonchev–Trinajstić information content (AvgIpc) is 2.48. The Morgan fingerprint density at radius 3 is 2.75 bits per heavy atom. The highest BCUT2D eigenvalue weighted by molar-refractivity contribution is 5.18. The van der Waals surface area contributed by atoms with Crippen LogP contribution in [-0.2, 0) is 6.42 Å². The molecule has 1 N–H and O–H groups in total. The molecule has 1 fully saturated rings. The molecule has 1 aliphatic heterocycles. The summed E-state index contributed by atoms with van der Waals surface area (Å²) >= 11 is 0. The van der Waals surface area contributed by atoms with Gasteiger partial charge in [0.2, 0.25) is 0 Å². The number of nitrogens with one attached hydrogen (secondary N) is 1. The lowest BCUT2D eigenvalue weighted by Gasteiger charge is -2.18. The minimum atomic E-state index is -0.811. The van der Waals surface area contributed by atoms with E-state index in [1.165, 1.54) is 6.07 Å². The van der Waals surface area contributed by atoms with Gasteiger partial charge in [0.25, 0.3) is 0 Å². The van der Waals surface area contributed by atoms with Crippen molar-refractivity contribution in [1.29, 1.82) is 0 Å². The van der Waals surface area contributed by atoms with Gasteiger partial charge in [-0.15, -0.1) is 0 Å². The zero-order valence-corrected chi connectivity index (χ0v) is 9.26. The molecule has 3 heteroatoms. The maximum Gasteiger partial charge on any atom is 0.126 e. The average molecular weight is 225 g/mol. The summed E-state index contributed by atoms with van der Waals surface area (Å²) < 4.78 is 27.2. The largest absolute Gasteiger partial charge is 0.317 e.